The number of hydrogen-bond donors (Lipinski definition) is 0. The van der Waals surface area contributed by atoms with Gasteiger partial charge in [0.15, 0.2) is 0 Å². The fourth-order valence-corrected chi connectivity index (χ4v) is 4.53. The zero-order chi connectivity index (χ0) is 16.1. The van der Waals surface area contributed by atoms with Gasteiger partial charge in [-0.1, -0.05) is 60.7 Å². The van der Waals surface area contributed by atoms with Crippen LogP contribution in [0.3, 0.4) is 0 Å². The fraction of sp³-hybridized carbons (Fsp3) is 0.100. The third-order valence-electron chi connectivity index (χ3n) is 3.86. The number of aryl methyl sites for hydroxylation is 1. The van der Waals surface area contributed by atoms with Gasteiger partial charge in [0.05, 0.1) is 6.61 Å². The molecule has 0 unspecified atom stereocenters. The van der Waals surface area contributed by atoms with Crippen LogP contribution in [0.2, 0.25) is 0 Å². The van der Waals surface area contributed by atoms with Gasteiger partial charge in [0.1, 0.15) is 0 Å². The largest absolute Gasteiger partial charge is 0.317 e. The van der Waals surface area contributed by atoms with E-state index < -0.39 is 7.37 Å². The van der Waals surface area contributed by atoms with Gasteiger partial charge < -0.3 is 4.52 Å². The van der Waals surface area contributed by atoms with E-state index in [0.717, 1.165) is 21.7 Å². The lowest BCUT2D eigenvalue weighted by Gasteiger charge is -2.20. The minimum Gasteiger partial charge on any atom is -0.317 e. The summed E-state index contributed by atoms with van der Waals surface area (Å²) in [5.41, 5.74) is 2.19. The standard InChI is InChI=1S/C20H19O2P/c1-17-10-8-9-11-18(17)16-22-23(21,19-12-4-2-5-13-19)20-14-6-3-7-15-20/h2-15H,16H2,1H3. The van der Waals surface area contributed by atoms with Crippen LogP contribution in [0.5, 0.6) is 0 Å². The van der Waals surface area contributed by atoms with Gasteiger partial charge in [0, 0.05) is 10.6 Å². The molecule has 3 heteroatoms. The monoisotopic (exact) mass is 322 g/mol. The molecule has 0 aliphatic carbocycles. The Kier molecular flexibility index (Phi) is 4.76. The van der Waals surface area contributed by atoms with Crippen LogP contribution < -0.4 is 10.6 Å². The smallest absolute Gasteiger partial charge is 0.261 e. The van der Waals surface area contributed by atoms with Gasteiger partial charge in [-0.3, -0.25) is 4.57 Å². The van der Waals surface area contributed by atoms with Crippen LogP contribution in [0.4, 0.5) is 0 Å². The molecule has 0 heterocycles. The molecule has 3 aromatic rings. The first kappa shape index (κ1) is 15.7. The van der Waals surface area contributed by atoms with Crippen molar-refractivity contribution in [2.24, 2.45) is 0 Å². The summed E-state index contributed by atoms with van der Waals surface area (Å²) in [6.45, 7) is 2.36. The highest BCUT2D eigenvalue weighted by Crippen LogP contribution is 2.45. The number of rotatable bonds is 5. The lowest BCUT2D eigenvalue weighted by Crippen LogP contribution is -2.18. The second-order valence-electron chi connectivity index (χ2n) is 5.42. The minimum atomic E-state index is -3.11. The molecule has 116 valence electrons. The van der Waals surface area contributed by atoms with E-state index in [4.69, 9.17) is 4.52 Å². The van der Waals surface area contributed by atoms with E-state index in [0.29, 0.717) is 6.61 Å². The second kappa shape index (κ2) is 6.95. The summed E-state index contributed by atoms with van der Waals surface area (Å²) < 4.78 is 19.7. The molecule has 0 fully saturated rings. The van der Waals surface area contributed by atoms with Crippen molar-refractivity contribution in [1.29, 1.82) is 0 Å². The summed E-state index contributed by atoms with van der Waals surface area (Å²) in [6.07, 6.45) is 0. The molecule has 0 amide bonds. The Bertz CT molecular complexity index is 770. The summed E-state index contributed by atoms with van der Waals surface area (Å²) in [7, 11) is -3.11. The molecule has 0 saturated carbocycles. The number of benzene rings is 3. The molecule has 0 aliphatic heterocycles. The Labute approximate surface area is 137 Å². The van der Waals surface area contributed by atoms with Gasteiger partial charge >= 0.3 is 0 Å². The van der Waals surface area contributed by atoms with E-state index in [1.807, 2.05) is 91.9 Å². The van der Waals surface area contributed by atoms with Crippen molar-refractivity contribution in [2.75, 3.05) is 0 Å². The molecule has 0 radical (unpaired) electrons. The molecule has 0 spiro atoms. The van der Waals surface area contributed by atoms with E-state index in [2.05, 4.69) is 0 Å². The molecule has 2 nitrogen and oxygen atoms in total. The number of hydrogen-bond acceptors (Lipinski definition) is 2. The van der Waals surface area contributed by atoms with E-state index in [-0.39, 0.29) is 0 Å². The van der Waals surface area contributed by atoms with Crippen molar-refractivity contribution < 1.29 is 9.09 Å². The molecular formula is C20H19O2P. The Morgan fingerprint density at radius 3 is 1.74 bits per heavy atom. The Hall–Kier alpha value is -2.15. The highest BCUT2D eigenvalue weighted by molar-refractivity contribution is 7.74. The molecule has 0 bridgehead atoms. The van der Waals surface area contributed by atoms with Gasteiger partial charge in [-0.05, 0) is 42.3 Å². The molecule has 23 heavy (non-hydrogen) atoms. The van der Waals surface area contributed by atoms with Gasteiger partial charge in [0.25, 0.3) is 7.37 Å². The highest BCUT2D eigenvalue weighted by Gasteiger charge is 2.28. The maximum Gasteiger partial charge on any atom is 0.261 e. The summed E-state index contributed by atoms with van der Waals surface area (Å²) in [4.78, 5) is 0. The fourth-order valence-electron chi connectivity index (χ4n) is 2.48. The van der Waals surface area contributed by atoms with E-state index >= 15 is 0 Å². The first-order chi connectivity index (χ1) is 11.2. The van der Waals surface area contributed by atoms with Crippen molar-refractivity contribution >= 4 is 18.0 Å². The summed E-state index contributed by atoms with van der Waals surface area (Å²) >= 11 is 0. The first-order valence-corrected chi connectivity index (χ1v) is 9.23. The third kappa shape index (κ3) is 3.44. The molecule has 0 aliphatic rings. The van der Waals surface area contributed by atoms with Crippen LogP contribution in [0.25, 0.3) is 0 Å². The molecule has 3 aromatic carbocycles. The van der Waals surface area contributed by atoms with Crippen LogP contribution in [0.1, 0.15) is 11.1 Å². The normalized spacial score (nSPS) is 11.3. The van der Waals surface area contributed by atoms with Crippen LogP contribution in [-0.4, -0.2) is 0 Å². The second-order valence-corrected chi connectivity index (χ2v) is 7.82. The zero-order valence-corrected chi connectivity index (χ0v) is 13.9. The van der Waals surface area contributed by atoms with E-state index in [1.54, 1.807) is 0 Å². The van der Waals surface area contributed by atoms with Crippen LogP contribution >= 0.6 is 7.37 Å². The Morgan fingerprint density at radius 2 is 1.22 bits per heavy atom. The topological polar surface area (TPSA) is 26.3 Å². The lowest BCUT2D eigenvalue weighted by atomic mass is 10.1. The summed E-state index contributed by atoms with van der Waals surface area (Å²) in [6, 6.07) is 26.9. The summed E-state index contributed by atoms with van der Waals surface area (Å²) in [5.74, 6) is 0. The third-order valence-corrected chi connectivity index (χ3v) is 6.30. The van der Waals surface area contributed by atoms with Crippen LogP contribution in [0, 0.1) is 6.92 Å². The average molecular weight is 322 g/mol. The molecule has 0 N–H and O–H groups in total. The molecular weight excluding hydrogens is 303 g/mol. The maximum absolute atomic E-state index is 13.7. The van der Waals surface area contributed by atoms with Gasteiger partial charge in [-0.15, -0.1) is 0 Å². The minimum absolute atomic E-state index is 0.327. The summed E-state index contributed by atoms with van der Waals surface area (Å²) in [5, 5.41) is 1.44. The molecule has 3 rings (SSSR count). The average Bonchev–Trinajstić information content (AvgIpc) is 2.62. The Balaban J connectivity index is 1.97. The molecule has 0 aromatic heterocycles. The van der Waals surface area contributed by atoms with E-state index in [9.17, 15) is 4.57 Å². The Morgan fingerprint density at radius 1 is 0.739 bits per heavy atom. The van der Waals surface area contributed by atoms with Gasteiger partial charge in [0.2, 0.25) is 0 Å². The maximum atomic E-state index is 13.7. The van der Waals surface area contributed by atoms with Crippen molar-refractivity contribution in [3.05, 3.63) is 96.1 Å². The van der Waals surface area contributed by atoms with Crippen LogP contribution in [0.15, 0.2) is 84.9 Å². The van der Waals surface area contributed by atoms with Crippen LogP contribution in [-0.2, 0) is 15.7 Å². The van der Waals surface area contributed by atoms with Gasteiger partial charge in [-0.25, -0.2) is 0 Å². The lowest BCUT2D eigenvalue weighted by molar-refractivity contribution is 0.315. The molecule has 0 atom stereocenters. The van der Waals surface area contributed by atoms with Gasteiger partial charge in [-0.2, -0.15) is 0 Å². The highest BCUT2D eigenvalue weighted by atomic mass is 31.2. The first-order valence-electron chi connectivity index (χ1n) is 7.60. The van der Waals surface area contributed by atoms with Crippen molar-refractivity contribution in [1.82, 2.24) is 0 Å². The molecule has 0 saturated heterocycles. The van der Waals surface area contributed by atoms with Crippen molar-refractivity contribution in [3.63, 3.8) is 0 Å². The quantitative estimate of drug-likeness (QED) is 0.649. The van der Waals surface area contributed by atoms with Crippen molar-refractivity contribution in [3.8, 4) is 0 Å². The zero-order valence-electron chi connectivity index (χ0n) is 13.1. The van der Waals surface area contributed by atoms with E-state index in [1.165, 1.54) is 0 Å². The predicted octanol–water partition coefficient (Wildman–Crippen LogP) is 4.44. The SMILES string of the molecule is Cc1ccccc1COP(=O)(c1ccccc1)c1ccccc1. The van der Waals surface area contributed by atoms with Crippen molar-refractivity contribution in [2.45, 2.75) is 13.5 Å². The predicted molar refractivity (Wildman–Crippen MR) is 95.7 cm³/mol.